The second kappa shape index (κ2) is 12.7. The summed E-state index contributed by atoms with van der Waals surface area (Å²) in [7, 11) is 0. The van der Waals surface area contributed by atoms with Crippen LogP contribution < -0.4 is 15.8 Å². The van der Waals surface area contributed by atoms with Gasteiger partial charge in [-0.3, -0.25) is 9.59 Å². The third-order valence-corrected chi connectivity index (χ3v) is 4.17. The smallest absolute Gasteiger partial charge is 0.407 e. The first kappa shape index (κ1) is 25.3. The fourth-order valence-corrected chi connectivity index (χ4v) is 2.76. The van der Waals surface area contributed by atoms with Gasteiger partial charge in [-0.15, -0.1) is 0 Å². The van der Waals surface area contributed by atoms with Gasteiger partial charge >= 0.3 is 12.1 Å². The number of ether oxygens (including phenoxy) is 2. The van der Waals surface area contributed by atoms with Crippen LogP contribution in [0.2, 0.25) is 0 Å². The van der Waals surface area contributed by atoms with E-state index >= 15 is 0 Å². The molecular formula is C22H34N2O6. The van der Waals surface area contributed by atoms with Gasteiger partial charge < -0.3 is 25.6 Å². The average molecular weight is 423 g/mol. The summed E-state index contributed by atoms with van der Waals surface area (Å²) in [5, 5.41) is 11.4. The molecule has 0 heterocycles. The summed E-state index contributed by atoms with van der Waals surface area (Å²) in [5.74, 6) is -0.555. The van der Waals surface area contributed by atoms with E-state index < -0.39 is 29.6 Å². The molecule has 0 aliphatic heterocycles. The zero-order chi connectivity index (χ0) is 22.6. The van der Waals surface area contributed by atoms with Crippen LogP contribution in [0.5, 0.6) is 5.75 Å². The molecule has 0 aliphatic rings. The molecule has 0 radical (unpaired) electrons. The number of unbranched alkanes of at least 4 members (excludes halogenated alkanes) is 2. The zero-order valence-electron chi connectivity index (χ0n) is 18.1. The number of benzene rings is 1. The number of nitrogens with one attached hydrogen (secondary N) is 1. The maximum Gasteiger partial charge on any atom is 0.407 e. The third kappa shape index (κ3) is 12.6. The van der Waals surface area contributed by atoms with E-state index in [-0.39, 0.29) is 19.4 Å². The Bertz CT molecular complexity index is 699. The summed E-state index contributed by atoms with van der Waals surface area (Å²) in [6.45, 7) is 5.49. The number of amides is 2. The highest BCUT2D eigenvalue weighted by Gasteiger charge is 2.20. The van der Waals surface area contributed by atoms with E-state index in [0.717, 1.165) is 24.8 Å². The van der Waals surface area contributed by atoms with Crippen molar-refractivity contribution in [1.29, 1.82) is 0 Å². The maximum absolute atomic E-state index is 12.1. The number of carbonyl (C=O) groups is 3. The Kier molecular flexibility index (Phi) is 10.7. The molecule has 0 saturated carbocycles. The second-order valence-electron chi connectivity index (χ2n) is 8.26. The molecule has 30 heavy (non-hydrogen) atoms. The molecule has 0 unspecified atom stereocenters. The van der Waals surface area contributed by atoms with Gasteiger partial charge in [0.25, 0.3) is 0 Å². The minimum absolute atomic E-state index is 0.125. The summed E-state index contributed by atoms with van der Waals surface area (Å²) in [5.41, 5.74) is 5.70. The summed E-state index contributed by atoms with van der Waals surface area (Å²) in [6, 6.07) is 7.21. The highest BCUT2D eigenvalue weighted by molar-refractivity contribution is 5.74. The molecule has 8 nitrogen and oxygen atoms in total. The van der Waals surface area contributed by atoms with Crippen molar-refractivity contribution in [1.82, 2.24) is 5.32 Å². The largest absolute Gasteiger partial charge is 0.491 e. The Morgan fingerprint density at radius 3 is 2.50 bits per heavy atom. The molecule has 168 valence electrons. The predicted octanol–water partition coefficient (Wildman–Crippen LogP) is 3.41. The minimum Gasteiger partial charge on any atom is -0.491 e. The van der Waals surface area contributed by atoms with Crippen LogP contribution in [0.25, 0.3) is 0 Å². The topological polar surface area (TPSA) is 128 Å². The molecule has 1 rings (SSSR count). The lowest BCUT2D eigenvalue weighted by Gasteiger charge is -2.23. The Balaban J connectivity index is 2.56. The minimum atomic E-state index is -0.767. The van der Waals surface area contributed by atoms with Crippen LogP contribution in [0.3, 0.4) is 0 Å². The molecule has 4 N–H and O–H groups in total. The van der Waals surface area contributed by atoms with E-state index in [1.54, 1.807) is 20.8 Å². The lowest BCUT2D eigenvalue weighted by atomic mass is 10.1. The number of hydrogen-bond donors (Lipinski definition) is 3. The maximum atomic E-state index is 12.1. The van der Waals surface area contributed by atoms with Gasteiger partial charge in [-0.05, 0) is 64.2 Å². The fourth-order valence-electron chi connectivity index (χ4n) is 2.76. The normalized spacial score (nSPS) is 12.1. The summed E-state index contributed by atoms with van der Waals surface area (Å²) in [6.07, 6.45) is 3.35. The molecule has 0 spiro atoms. The Labute approximate surface area is 178 Å². The van der Waals surface area contributed by atoms with E-state index in [2.05, 4.69) is 5.32 Å². The molecule has 2 amide bonds. The molecule has 1 atom stereocenters. The SMILES string of the molecule is CC(C)(C)OC(=O)N[C@@H](CCC(N)=O)COc1cccc(CCCCCC(=O)O)c1. The summed E-state index contributed by atoms with van der Waals surface area (Å²) < 4.78 is 11.1. The second-order valence-corrected chi connectivity index (χ2v) is 8.26. The number of primary amides is 1. The lowest BCUT2D eigenvalue weighted by Crippen LogP contribution is -2.42. The van der Waals surface area contributed by atoms with Crippen LogP contribution >= 0.6 is 0 Å². The van der Waals surface area contributed by atoms with Crippen LogP contribution in [-0.4, -0.2) is 41.3 Å². The number of carbonyl (C=O) groups excluding carboxylic acids is 2. The average Bonchev–Trinajstić information content (AvgIpc) is 2.62. The number of nitrogens with two attached hydrogens (primary N) is 1. The molecule has 1 aromatic carbocycles. The monoisotopic (exact) mass is 422 g/mol. The first-order valence-corrected chi connectivity index (χ1v) is 10.3. The number of rotatable bonds is 13. The first-order valence-electron chi connectivity index (χ1n) is 10.3. The van der Waals surface area contributed by atoms with E-state index in [1.165, 1.54) is 0 Å². The molecule has 0 bridgehead atoms. The van der Waals surface area contributed by atoms with Crippen molar-refractivity contribution in [3.05, 3.63) is 29.8 Å². The molecular weight excluding hydrogens is 388 g/mol. The van der Waals surface area contributed by atoms with Crippen LogP contribution in [0.15, 0.2) is 24.3 Å². The van der Waals surface area contributed by atoms with Gasteiger partial charge in [0.05, 0.1) is 6.04 Å². The van der Waals surface area contributed by atoms with Gasteiger partial charge in [0.1, 0.15) is 18.0 Å². The molecule has 8 heteroatoms. The van der Waals surface area contributed by atoms with Crippen molar-refractivity contribution in [3.63, 3.8) is 0 Å². The third-order valence-electron chi connectivity index (χ3n) is 4.17. The van der Waals surface area contributed by atoms with Gasteiger partial charge in [0.15, 0.2) is 0 Å². The van der Waals surface area contributed by atoms with Crippen molar-refractivity contribution in [2.45, 2.75) is 77.4 Å². The van der Waals surface area contributed by atoms with Crippen molar-refractivity contribution in [3.8, 4) is 5.75 Å². The molecule has 0 aromatic heterocycles. The first-order chi connectivity index (χ1) is 14.0. The molecule has 1 aromatic rings. The van der Waals surface area contributed by atoms with Gasteiger partial charge in [0, 0.05) is 12.8 Å². The van der Waals surface area contributed by atoms with E-state index in [4.69, 9.17) is 20.3 Å². The Morgan fingerprint density at radius 2 is 1.87 bits per heavy atom. The lowest BCUT2D eigenvalue weighted by molar-refractivity contribution is -0.137. The van der Waals surface area contributed by atoms with Crippen molar-refractivity contribution in [2.24, 2.45) is 5.73 Å². The Hall–Kier alpha value is -2.77. The number of alkyl carbamates (subject to hydrolysis) is 1. The number of carboxylic acids is 1. The highest BCUT2D eigenvalue weighted by atomic mass is 16.6. The quantitative estimate of drug-likeness (QED) is 0.418. The van der Waals surface area contributed by atoms with E-state index in [0.29, 0.717) is 18.6 Å². The summed E-state index contributed by atoms with van der Waals surface area (Å²) in [4.78, 5) is 33.7. The van der Waals surface area contributed by atoms with Gasteiger partial charge in [-0.2, -0.15) is 0 Å². The van der Waals surface area contributed by atoms with Gasteiger partial charge in [0.2, 0.25) is 5.91 Å². The molecule has 0 fully saturated rings. The molecule has 0 aliphatic carbocycles. The van der Waals surface area contributed by atoms with Crippen LogP contribution in [-0.2, 0) is 20.7 Å². The van der Waals surface area contributed by atoms with Crippen LogP contribution in [0, 0.1) is 0 Å². The number of aryl methyl sites for hydroxylation is 1. The standard InChI is InChI=1S/C22H34N2O6/c1-22(2,3)30-21(28)24-17(12-13-19(23)25)15-29-18-10-7-9-16(14-18)8-5-4-6-11-20(26)27/h7,9-10,14,17H,4-6,8,11-13,15H2,1-3H3,(H2,23,25)(H,24,28)(H,26,27)/t17-/m0/s1. The summed E-state index contributed by atoms with van der Waals surface area (Å²) >= 11 is 0. The van der Waals surface area contributed by atoms with Gasteiger partial charge in [-0.25, -0.2) is 4.79 Å². The Morgan fingerprint density at radius 1 is 1.13 bits per heavy atom. The molecule has 0 saturated heterocycles. The van der Waals surface area contributed by atoms with Gasteiger partial charge in [-0.1, -0.05) is 18.6 Å². The highest BCUT2D eigenvalue weighted by Crippen LogP contribution is 2.17. The predicted molar refractivity (Wildman–Crippen MR) is 113 cm³/mol. The van der Waals surface area contributed by atoms with Crippen LogP contribution in [0.4, 0.5) is 4.79 Å². The van der Waals surface area contributed by atoms with Crippen LogP contribution in [0.1, 0.15) is 64.9 Å². The number of hydrogen-bond acceptors (Lipinski definition) is 5. The van der Waals surface area contributed by atoms with E-state index in [9.17, 15) is 14.4 Å². The van der Waals surface area contributed by atoms with Crippen molar-refractivity contribution in [2.75, 3.05) is 6.61 Å². The van der Waals surface area contributed by atoms with Crippen molar-refractivity contribution < 1.29 is 29.0 Å². The fraction of sp³-hybridized carbons (Fsp3) is 0.591. The number of carboxylic acid groups (broad SMARTS) is 1. The van der Waals surface area contributed by atoms with E-state index in [1.807, 2.05) is 24.3 Å². The van der Waals surface area contributed by atoms with Crippen molar-refractivity contribution >= 4 is 18.0 Å². The zero-order valence-corrected chi connectivity index (χ0v) is 18.1. The number of aliphatic carboxylic acids is 1.